The zero-order valence-electron chi connectivity index (χ0n) is 6.68. The molecule has 2 rings (SSSR count). The summed E-state index contributed by atoms with van der Waals surface area (Å²) in [5.74, 6) is -0.802. The van der Waals surface area contributed by atoms with Gasteiger partial charge in [-0.25, -0.2) is 9.69 Å². The number of nitrogens with zero attached hydrogens (tertiary/aromatic N) is 1. The predicted molar refractivity (Wildman–Crippen MR) is 44.7 cm³/mol. The molecule has 0 fully saturated rings. The Hall–Kier alpha value is -1.84. The van der Waals surface area contributed by atoms with Gasteiger partial charge in [0.15, 0.2) is 0 Å². The molecule has 0 spiro atoms. The number of rotatable bonds is 0. The van der Waals surface area contributed by atoms with Crippen LogP contribution in [0.15, 0.2) is 36.1 Å². The van der Waals surface area contributed by atoms with Crippen LogP contribution in [0.1, 0.15) is 0 Å². The highest BCUT2D eigenvalue weighted by Crippen LogP contribution is 2.27. The molecule has 4 heteroatoms. The van der Waals surface area contributed by atoms with E-state index in [-0.39, 0.29) is 0 Å². The zero-order chi connectivity index (χ0) is 9.42. The molecule has 0 aromatic carbocycles. The molecule has 2 aliphatic rings. The number of hydrogen-bond acceptors (Lipinski definition) is 2. The Kier molecular flexibility index (Phi) is 1.55. The quantitative estimate of drug-likeness (QED) is 0.603. The second-order valence-corrected chi connectivity index (χ2v) is 2.84. The fourth-order valence-electron chi connectivity index (χ4n) is 1.42. The zero-order valence-corrected chi connectivity index (χ0v) is 6.68. The minimum Gasteiger partial charge on any atom is -0.464 e. The maximum absolute atomic E-state index is 11.4. The van der Waals surface area contributed by atoms with Crippen LogP contribution in [0.5, 0.6) is 0 Å². The monoisotopic (exact) mass is 177 g/mol. The lowest BCUT2D eigenvalue weighted by molar-refractivity contribution is -0.127. The standard InChI is InChI=1S/C9H7NO3/c11-8-7-4-2-1-3-6(7)5-10(8)9(12)13/h1-5,7H,(H,12,13). The van der Waals surface area contributed by atoms with E-state index in [0.29, 0.717) is 0 Å². The molecular formula is C9H7NO3. The summed E-state index contributed by atoms with van der Waals surface area (Å²) in [6.07, 6.45) is 7.08. The SMILES string of the molecule is O=C(O)N1C=C2C=CC=CC2C1=O. The van der Waals surface area contributed by atoms with Crippen molar-refractivity contribution in [2.75, 3.05) is 0 Å². The van der Waals surface area contributed by atoms with Crippen molar-refractivity contribution in [2.24, 2.45) is 5.92 Å². The number of hydrogen-bond donors (Lipinski definition) is 1. The van der Waals surface area contributed by atoms with Crippen LogP contribution in [0.25, 0.3) is 0 Å². The lowest BCUT2D eigenvalue weighted by Crippen LogP contribution is -2.30. The Labute approximate surface area is 74.5 Å². The smallest absolute Gasteiger partial charge is 0.418 e. The van der Waals surface area contributed by atoms with Crippen LogP contribution in [0.3, 0.4) is 0 Å². The molecule has 1 aliphatic carbocycles. The first-order valence-corrected chi connectivity index (χ1v) is 3.83. The van der Waals surface area contributed by atoms with Gasteiger partial charge in [0, 0.05) is 6.20 Å². The highest BCUT2D eigenvalue weighted by molar-refractivity contribution is 5.99. The van der Waals surface area contributed by atoms with Gasteiger partial charge in [0.05, 0.1) is 5.92 Å². The molecule has 0 bridgehead atoms. The molecule has 1 aliphatic heterocycles. The second kappa shape index (κ2) is 2.58. The van der Waals surface area contributed by atoms with E-state index in [1.807, 2.05) is 0 Å². The molecule has 13 heavy (non-hydrogen) atoms. The van der Waals surface area contributed by atoms with Crippen molar-refractivity contribution < 1.29 is 14.7 Å². The van der Waals surface area contributed by atoms with Crippen LogP contribution in [-0.2, 0) is 4.79 Å². The van der Waals surface area contributed by atoms with Crippen molar-refractivity contribution in [1.82, 2.24) is 4.90 Å². The summed E-state index contributed by atoms with van der Waals surface area (Å²) >= 11 is 0. The summed E-state index contributed by atoms with van der Waals surface area (Å²) in [6, 6.07) is 0. The first-order chi connectivity index (χ1) is 6.20. The molecule has 0 aromatic heterocycles. The van der Waals surface area contributed by atoms with Gasteiger partial charge in [-0.3, -0.25) is 4.79 Å². The number of carboxylic acid groups (broad SMARTS) is 1. The molecular weight excluding hydrogens is 170 g/mol. The maximum atomic E-state index is 11.4. The van der Waals surface area contributed by atoms with E-state index >= 15 is 0 Å². The van der Waals surface area contributed by atoms with Gasteiger partial charge in [-0.2, -0.15) is 0 Å². The van der Waals surface area contributed by atoms with Gasteiger partial charge in [-0.05, 0) is 5.57 Å². The number of amides is 2. The van der Waals surface area contributed by atoms with Crippen LogP contribution in [-0.4, -0.2) is 22.0 Å². The third kappa shape index (κ3) is 1.07. The van der Waals surface area contributed by atoms with Crippen molar-refractivity contribution >= 4 is 12.0 Å². The molecule has 4 nitrogen and oxygen atoms in total. The fourth-order valence-corrected chi connectivity index (χ4v) is 1.42. The number of carbonyl (C=O) groups excluding carboxylic acids is 1. The number of carbonyl (C=O) groups is 2. The van der Waals surface area contributed by atoms with E-state index in [2.05, 4.69) is 0 Å². The van der Waals surface area contributed by atoms with E-state index in [1.165, 1.54) is 6.20 Å². The van der Waals surface area contributed by atoms with E-state index < -0.39 is 17.9 Å². The molecule has 0 aromatic rings. The van der Waals surface area contributed by atoms with E-state index in [9.17, 15) is 9.59 Å². The molecule has 1 unspecified atom stereocenters. The van der Waals surface area contributed by atoms with Gasteiger partial charge in [0.25, 0.3) is 0 Å². The normalized spacial score (nSPS) is 24.6. The largest absolute Gasteiger partial charge is 0.464 e. The first kappa shape index (κ1) is 7.79. The minimum atomic E-state index is -1.23. The van der Waals surface area contributed by atoms with Crippen molar-refractivity contribution in [3.63, 3.8) is 0 Å². The summed E-state index contributed by atoms with van der Waals surface area (Å²) in [5, 5.41) is 8.64. The third-order valence-electron chi connectivity index (χ3n) is 2.05. The van der Waals surface area contributed by atoms with Gasteiger partial charge < -0.3 is 5.11 Å². The highest BCUT2D eigenvalue weighted by atomic mass is 16.4. The Morgan fingerprint density at radius 1 is 1.46 bits per heavy atom. The molecule has 1 heterocycles. The summed E-state index contributed by atoms with van der Waals surface area (Å²) in [5.41, 5.74) is 0.731. The summed E-state index contributed by atoms with van der Waals surface area (Å²) in [7, 11) is 0. The fraction of sp³-hybridized carbons (Fsp3) is 0.111. The predicted octanol–water partition coefficient (Wildman–Crippen LogP) is 1.13. The van der Waals surface area contributed by atoms with Crippen LogP contribution in [0, 0.1) is 5.92 Å². The molecule has 0 saturated heterocycles. The molecule has 0 radical (unpaired) electrons. The van der Waals surface area contributed by atoms with Gasteiger partial charge >= 0.3 is 6.09 Å². The molecule has 2 amide bonds. The topological polar surface area (TPSA) is 57.6 Å². The number of imide groups is 1. The van der Waals surface area contributed by atoms with E-state index in [4.69, 9.17) is 5.11 Å². The van der Waals surface area contributed by atoms with Crippen molar-refractivity contribution in [3.05, 3.63) is 36.1 Å². The average molecular weight is 177 g/mol. The van der Waals surface area contributed by atoms with Crippen LogP contribution < -0.4 is 0 Å². The van der Waals surface area contributed by atoms with E-state index in [0.717, 1.165) is 10.5 Å². The molecule has 1 N–H and O–H groups in total. The third-order valence-corrected chi connectivity index (χ3v) is 2.05. The van der Waals surface area contributed by atoms with Crippen molar-refractivity contribution in [2.45, 2.75) is 0 Å². The Bertz CT molecular complexity index is 365. The van der Waals surface area contributed by atoms with Crippen LogP contribution >= 0.6 is 0 Å². The van der Waals surface area contributed by atoms with Gasteiger partial charge in [-0.1, -0.05) is 24.3 Å². The Morgan fingerprint density at radius 2 is 2.23 bits per heavy atom. The summed E-state index contributed by atoms with van der Waals surface area (Å²) in [4.78, 5) is 22.7. The van der Waals surface area contributed by atoms with Crippen molar-refractivity contribution in [3.8, 4) is 0 Å². The lowest BCUT2D eigenvalue weighted by atomic mass is 9.97. The molecule has 66 valence electrons. The van der Waals surface area contributed by atoms with Gasteiger partial charge in [0.1, 0.15) is 0 Å². The lowest BCUT2D eigenvalue weighted by Gasteiger charge is -2.09. The summed E-state index contributed by atoms with van der Waals surface area (Å²) < 4.78 is 0. The summed E-state index contributed by atoms with van der Waals surface area (Å²) in [6.45, 7) is 0. The molecule has 1 atom stereocenters. The van der Waals surface area contributed by atoms with Crippen molar-refractivity contribution in [1.29, 1.82) is 0 Å². The maximum Gasteiger partial charge on any atom is 0.418 e. The van der Waals surface area contributed by atoms with Crippen LogP contribution in [0.4, 0.5) is 4.79 Å². The van der Waals surface area contributed by atoms with Gasteiger partial charge in [0.2, 0.25) is 5.91 Å². The Morgan fingerprint density at radius 3 is 2.85 bits per heavy atom. The van der Waals surface area contributed by atoms with E-state index in [1.54, 1.807) is 24.3 Å². The second-order valence-electron chi connectivity index (χ2n) is 2.84. The number of fused-ring (bicyclic) bond motifs is 1. The molecule has 0 saturated carbocycles. The highest BCUT2D eigenvalue weighted by Gasteiger charge is 2.34. The minimum absolute atomic E-state index is 0.400. The first-order valence-electron chi connectivity index (χ1n) is 3.83. The number of allylic oxidation sites excluding steroid dienone is 3. The van der Waals surface area contributed by atoms with Crippen LogP contribution in [0.2, 0.25) is 0 Å². The van der Waals surface area contributed by atoms with Gasteiger partial charge in [-0.15, -0.1) is 0 Å². The average Bonchev–Trinajstić information content (AvgIpc) is 2.45. The Balaban J connectivity index is 2.37.